The van der Waals surface area contributed by atoms with Crippen LogP contribution in [0.5, 0.6) is 6.01 Å². The number of likely N-dealkylation sites (tertiary alicyclic amines) is 1. The minimum absolute atomic E-state index is 0.0323. The zero-order valence-corrected chi connectivity index (χ0v) is 22.5. The molecule has 10 nitrogen and oxygen atoms in total. The Balaban J connectivity index is 1.78. The maximum absolute atomic E-state index is 12.2. The number of piperazine rings is 1. The number of pyridine rings is 1. The van der Waals surface area contributed by atoms with E-state index in [0.717, 1.165) is 19.4 Å². The number of likely N-dealkylation sites (N-methyl/N-ethyl adjacent to an activating group) is 1. The normalized spacial score (nSPS) is 23.2. The van der Waals surface area contributed by atoms with Crippen molar-refractivity contribution in [2.24, 2.45) is 5.41 Å². The molecule has 1 N–H and O–H groups in total. The lowest BCUT2D eigenvalue weighted by molar-refractivity contribution is -0.00278. The summed E-state index contributed by atoms with van der Waals surface area (Å²) in [5.74, 6) is 0.525. The second-order valence-corrected chi connectivity index (χ2v) is 11.3. The fraction of sp³-hybridized carbons (Fsp3) is 0.625. The van der Waals surface area contributed by atoms with Crippen molar-refractivity contribution in [3.05, 3.63) is 16.4 Å². The lowest BCUT2D eigenvalue weighted by atomic mass is 9.69. The number of anilines is 1. The monoisotopic (exact) mass is 535 g/mol. The standard InChI is InChI=1S/C24H31Cl2N7O3/c1-23(2,3)24(7-8-27)14-32(10-11-33(24)22(34)35)20-16-12-28-19(26)17(25)18(16)29-21(30-20)36-13-15-6-5-9-31(15)4/h12,15H,5-7,9-11,13-14H2,1-4H3,(H,34,35)/t15-,24+/m0/s1. The number of nitriles is 1. The highest BCUT2D eigenvalue weighted by atomic mass is 35.5. The van der Waals surface area contributed by atoms with Crippen LogP contribution in [0.15, 0.2) is 6.20 Å². The number of carbonyl (C=O) groups is 1. The number of amides is 1. The number of nitrogens with zero attached hydrogens (tertiary/aromatic N) is 7. The molecule has 2 aromatic heterocycles. The fourth-order valence-corrected chi connectivity index (χ4v) is 5.56. The first-order valence-corrected chi connectivity index (χ1v) is 12.7. The highest BCUT2D eigenvalue weighted by Crippen LogP contribution is 2.43. The molecule has 2 atom stereocenters. The van der Waals surface area contributed by atoms with Crippen LogP contribution in [-0.4, -0.2) is 87.4 Å². The van der Waals surface area contributed by atoms with Gasteiger partial charge in [0.15, 0.2) is 0 Å². The van der Waals surface area contributed by atoms with Crippen molar-refractivity contribution in [1.82, 2.24) is 24.8 Å². The topological polar surface area (TPSA) is 119 Å². The van der Waals surface area contributed by atoms with Gasteiger partial charge in [0.25, 0.3) is 0 Å². The van der Waals surface area contributed by atoms with Gasteiger partial charge in [-0.1, -0.05) is 44.0 Å². The van der Waals surface area contributed by atoms with Crippen molar-refractivity contribution in [1.29, 1.82) is 5.26 Å². The molecule has 4 heterocycles. The summed E-state index contributed by atoms with van der Waals surface area (Å²) in [6, 6.07) is 2.66. The Morgan fingerprint density at radius 1 is 1.31 bits per heavy atom. The molecule has 0 unspecified atom stereocenters. The predicted octanol–water partition coefficient (Wildman–Crippen LogP) is 4.30. The van der Waals surface area contributed by atoms with E-state index in [1.54, 1.807) is 6.20 Å². The molecule has 0 aromatic carbocycles. The number of hydrogen-bond donors (Lipinski definition) is 1. The predicted molar refractivity (Wildman–Crippen MR) is 138 cm³/mol. The van der Waals surface area contributed by atoms with Crippen LogP contribution in [0, 0.1) is 16.7 Å². The van der Waals surface area contributed by atoms with Gasteiger partial charge in [-0.15, -0.1) is 0 Å². The van der Waals surface area contributed by atoms with Crippen LogP contribution in [0.4, 0.5) is 10.6 Å². The molecule has 4 rings (SSSR count). The largest absolute Gasteiger partial charge is 0.465 e. The second kappa shape index (κ2) is 10.0. The number of ether oxygens (including phenoxy) is 1. The van der Waals surface area contributed by atoms with Gasteiger partial charge >= 0.3 is 12.1 Å². The molecule has 1 amide bonds. The Morgan fingerprint density at radius 2 is 2.06 bits per heavy atom. The molecule has 2 aromatic rings. The van der Waals surface area contributed by atoms with Crippen molar-refractivity contribution in [2.45, 2.75) is 51.6 Å². The Bertz CT molecular complexity index is 1200. The first-order chi connectivity index (χ1) is 17.0. The number of hydrogen-bond acceptors (Lipinski definition) is 8. The molecule has 0 bridgehead atoms. The molecule has 0 radical (unpaired) electrons. The summed E-state index contributed by atoms with van der Waals surface area (Å²) >= 11 is 12.7. The van der Waals surface area contributed by atoms with Crippen LogP contribution in [-0.2, 0) is 0 Å². The number of carboxylic acid groups (broad SMARTS) is 1. The lowest BCUT2D eigenvalue weighted by Gasteiger charge is -2.55. The number of fused-ring (bicyclic) bond motifs is 1. The van der Waals surface area contributed by atoms with E-state index in [2.05, 4.69) is 28.0 Å². The van der Waals surface area contributed by atoms with Gasteiger partial charge in [-0.3, -0.25) is 4.90 Å². The van der Waals surface area contributed by atoms with Crippen LogP contribution in [0.1, 0.15) is 40.0 Å². The Labute approximate surface area is 220 Å². The summed E-state index contributed by atoms with van der Waals surface area (Å²) in [4.78, 5) is 31.3. The molecule has 2 aliphatic heterocycles. The first-order valence-electron chi connectivity index (χ1n) is 12.0. The third kappa shape index (κ3) is 4.72. The van der Waals surface area contributed by atoms with E-state index in [-0.39, 0.29) is 41.7 Å². The van der Waals surface area contributed by atoms with Crippen molar-refractivity contribution in [2.75, 3.05) is 44.7 Å². The third-order valence-electron chi connectivity index (χ3n) is 7.54. The fourth-order valence-electron chi connectivity index (χ4n) is 5.23. The van der Waals surface area contributed by atoms with Gasteiger partial charge in [-0.05, 0) is 31.8 Å². The molecular weight excluding hydrogens is 505 g/mol. The average Bonchev–Trinajstić information content (AvgIpc) is 3.23. The Morgan fingerprint density at radius 3 is 2.67 bits per heavy atom. The zero-order valence-electron chi connectivity index (χ0n) is 21.0. The van der Waals surface area contributed by atoms with E-state index in [1.165, 1.54) is 4.90 Å². The van der Waals surface area contributed by atoms with Crippen molar-refractivity contribution < 1.29 is 14.6 Å². The molecule has 0 saturated carbocycles. The minimum atomic E-state index is -1.05. The molecule has 2 saturated heterocycles. The SMILES string of the molecule is CN1CCC[C@H]1COc1nc(N2CCN(C(=O)O)[C@@](CC#N)(C(C)(C)C)C2)c2cnc(Cl)c(Cl)c2n1. The van der Waals surface area contributed by atoms with Crippen LogP contribution in [0.2, 0.25) is 10.2 Å². The van der Waals surface area contributed by atoms with Gasteiger partial charge in [0.1, 0.15) is 28.1 Å². The summed E-state index contributed by atoms with van der Waals surface area (Å²) in [6.45, 7) is 8.14. The van der Waals surface area contributed by atoms with E-state index < -0.39 is 17.0 Å². The summed E-state index contributed by atoms with van der Waals surface area (Å²) in [5, 5.41) is 20.6. The molecule has 194 valence electrons. The van der Waals surface area contributed by atoms with Gasteiger partial charge in [0.05, 0.1) is 23.4 Å². The van der Waals surface area contributed by atoms with E-state index in [4.69, 9.17) is 32.9 Å². The number of rotatable bonds is 5. The summed E-state index contributed by atoms with van der Waals surface area (Å²) < 4.78 is 6.05. The van der Waals surface area contributed by atoms with Crippen LogP contribution in [0.3, 0.4) is 0 Å². The molecule has 36 heavy (non-hydrogen) atoms. The molecular formula is C24H31Cl2N7O3. The van der Waals surface area contributed by atoms with Crippen LogP contribution >= 0.6 is 23.2 Å². The van der Waals surface area contributed by atoms with Gasteiger partial charge in [0, 0.05) is 31.9 Å². The van der Waals surface area contributed by atoms with Gasteiger partial charge in [0.2, 0.25) is 0 Å². The van der Waals surface area contributed by atoms with Gasteiger partial charge < -0.3 is 19.6 Å². The number of halogens is 2. The number of aromatic nitrogens is 3. The summed E-state index contributed by atoms with van der Waals surface area (Å²) in [5.41, 5.74) is -1.09. The first kappa shape index (κ1) is 26.5. The molecule has 0 aliphatic carbocycles. The van der Waals surface area contributed by atoms with E-state index >= 15 is 0 Å². The summed E-state index contributed by atoms with van der Waals surface area (Å²) in [6.07, 6.45) is 2.70. The van der Waals surface area contributed by atoms with Crippen molar-refractivity contribution >= 4 is 46.0 Å². The maximum atomic E-state index is 12.2. The Hall–Kier alpha value is -2.61. The van der Waals surface area contributed by atoms with Gasteiger partial charge in [-0.2, -0.15) is 15.2 Å². The highest BCUT2D eigenvalue weighted by molar-refractivity contribution is 6.44. The quantitative estimate of drug-likeness (QED) is 0.558. The average molecular weight is 536 g/mol. The highest BCUT2D eigenvalue weighted by Gasteiger charge is 2.52. The van der Waals surface area contributed by atoms with Crippen LogP contribution < -0.4 is 9.64 Å². The van der Waals surface area contributed by atoms with E-state index in [0.29, 0.717) is 29.9 Å². The summed E-state index contributed by atoms with van der Waals surface area (Å²) in [7, 11) is 2.07. The Kier molecular flexibility index (Phi) is 7.37. The van der Waals surface area contributed by atoms with E-state index in [9.17, 15) is 15.2 Å². The van der Waals surface area contributed by atoms with Crippen molar-refractivity contribution in [3.8, 4) is 12.1 Å². The maximum Gasteiger partial charge on any atom is 0.407 e. The minimum Gasteiger partial charge on any atom is -0.465 e. The second-order valence-electron chi connectivity index (χ2n) is 10.5. The molecule has 2 aliphatic rings. The van der Waals surface area contributed by atoms with Crippen LogP contribution in [0.25, 0.3) is 10.9 Å². The van der Waals surface area contributed by atoms with E-state index in [1.807, 2.05) is 25.7 Å². The zero-order chi connectivity index (χ0) is 26.3. The van der Waals surface area contributed by atoms with Crippen molar-refractivity contribution in [3.63, 3.8) is 0 Å². The molecule has 12 heteroatoms. The third-order valence-corrected chi connectivity index (χ3v) is 8.28. The lowest BCUT2D eigenvalue weighted by Crippen LogP contribution is -2.69. The molecule has 2 fully saturated rings. The van der Waals surface area contributed by atoms with Gasteiger partial charge in [-0.25, -0.2) is 9.78 Å². The smallest absolute Gasteiger partial charge is 0.407 e. The molecule has 0 spiro atoms.